The maximum atomic E-state index is 13.7. The minimum atomic E-state index is -0.555. The summed E-state index contributed by atoms with van der Waals surface area (Å²) in [6.45, 7) is 2.25. The van der Waals surface area contributed by atoms with Gasteiger partial charge in [-0.25, -0.2) is 5.01 Å². The highest BCUT2D eigenvalue weighted by Gasteiger charge is 2.45. The molecule has 0 radical (unpaired) electrons. The number of benzene rings is 2. The molecule has 5 rings (SSSR count). The van der Waals surface area contributed by atoms with Crippen LogP contribution in [0, 0.1) is 16.0 Å². The van der Waals surface area contributed by atoms with E-state index in [0.29, 0.717) is 6.54 Å². The van der Waals surface area contributed by atoms with Gasteiger partial charge < -0.3 is 0 Å². The third-order valence-corrected chi connectivity index (χ3v) is 6.46. The Balaban J connectivity index is 1.61. The fourth-order valence-electron chi connectivity index (χ4n) is 4.87. The fraction of sp³-hybridized carbons (Fsp3) is 0.269. The fourth-order valence-corrected chi connectivity index (χ4v) is 4.87. The monoisotopic (exact) mass is 455 g/mol. The molecule has 1 aliphatic carbocycles. The Hall–Kier alpha value is -4.07. The van der Waals surface area contributed by atoms with Gasteiger partial charge in [0.05, 0.1) is 16.7 Å². The minimum absolute atomic E-state index is 0.0161. The Kier molecular flexibility index (Phi) is 5.79. The number of nitrogens with zero attached hydrogens (tertiary/aromatic N) is 5. The first kappa shape index (κ1) is 21.8. The summed E-state index contributed by atoms with van der Waals surface area (Å²) in [5, 5.41) is 22.1. The number of hydrogen-bond acceptors (Lipinski definition) is 5. The van der Waals surface area contributed by atoms with Crippen molar-refractivity contribution in [1.82, 2.24) is 14.8 Å². The molecule has 34 heavy (non-hydrogen) atoms. The number of rotatable bonds is 5. The van der Waals surface area contributed by atoms with Gasteiger partial charge in [0.1, 0.15) is 6.20 Å². The molecule has 0 saturated heterocycles. The molecule has 172 valence electrons. The molecule has 1 amide bonds. The summed E-state index contributed by atoms with van der Waals surface area (Å²) in [5.74, 6) is -0.531. The van der Waals surface area contributed by atoms with Crippen molar-refractivity contribution in [3.05, 3.63) is 99.4 Å². The zero-order valence-electron chi connectivity index (χ0n) is 18.9. The number of amides is 1. The van der Waals surface area contributed by atoms with Crippen LogP contribution in [0.2, 0.25) is 0 Å². The first-order valence-corrected chi connectivity index (χ1v) is 11.5. The number of nitro groups is 1. The molecule has 8 nitrogen and oxygen atoms in total. The molecular weight excluding hydrogens is 430 g/mol. The van der Waals surface area contributed by atoms with Gasteiger partial charge >= 0.3 is 11.6 Å². The highest BCUT2D eigenvalue weighted by Crippen LogP contribution is 2.45. The summed E-state index contributed by atoms with van der Waals surface area (Å²) in [6, 6.07) is 19.5. The smallest absolute Gasteiger partial charge is 0.265 e. The van der Waals surface area contributed by atoms with Crippen molar-refractivity contribution < 1.29 is 9.72 Å². The molecule has 0 spiro atoms. The van der Waals surface area contributed by atoms with Gasteiger partial charge in [-0.05, 0) is 49.0 Å². The summed E-state index contributed by atoms with van der Waals surface area (Å²) in [6.07, 6.45) is 6.19. The van der Waals surface area contributed by atoms with Gasteiger partial charge in [0.2, 0.25) is 5.69 Å². The van der Waals surface area contributed by atoms with E-state index in [4.69, 9.17) is 5.10 Å². The van der Waals surface area contributed by atoms with Crippen molar-refractivity contribution in [2.24, 2.45) is 11.0 Å². The predicted octanol–water partition coefficient (Wildman–Crippen LogP) is 5.25. The largest absolute Gasteiger partial charge is 0.320 e. The van der Waals surface area contributed by atoms with E-state index in [1.54, 1.807) is 0 Å². The van der Waals surface area contributed by atoms with Crippen molar-refractivity contribution in [1.29, 1.82) is 0 Å². The molecule has 1 fully saturated rings. The number of hydrazone groups is 1. The molecule has 1 aromatic heterocycles. The first-order valence-electron chi connectivity index (χ1n) is 11.5. The first-order chi connectivity index (χ1) is 16.6. The van der Waals surface area contributed by atoms with E-state index in [2.05, 4.69) is 11.2 Å². The molecule has 8 heteroatoms. The second-order valence-electron chi connectivity index (χ2n) is 8.55. The highest BCUT2D eigenvalue weighted by molar-refractivity contribution is 6.09. The topological polar surface area (TPSA) is 93.6 Å². The van der Waals surface area contributed by atoms with Crippen LogP contribution in [0.25, 0.3) is 6.08 Å². The number of aryl methyl sites for hydroxylation is 1. The second-order valence-corrected chi connectivity index (χ2v) is 8.55. The lowest BCUT2D eigenvalue weighted by Gasteiger charge is -2.29. The van der Waals surface area contributed by atoms with Gasteiger partial charge in [0.15, 0.2) is 0 Å². The number of aromatic nitrogens is 2. The van der Waals surface area contributed by atoms with E-state index in [-0.39, 0.29) is 23.3 Å². The van der Waals surface area contributed by atoms with Crippen LogP contribution in [0.3, 0.4) is 0 Å². The normalized spacial score (nSPS) is 20.8. The molecule has 2 atom stereocenters. The van der Waals surface area contributed by atoms with Crippen molar-refractivity contribution in [3.8, 4) is 0 Å². The summed E-state index contributed by atoms with van der Waals surface area (Å²) >= 11 is 0. The maximum Gasteiger partial charge on any atom is 0.320 e. The maximum absolute atomic E-state index is 13.7. The van der Waals surface area contributed by atoms with E-state index in [1.165, 1.54) is 15.9 Å². The third-order valence-electron chi connectivity index (χ3n) is 6.46. The minimum Gasteiger partial charge on any atom is -0.265 e. The van der Waals surface area contributed by atoms with Crippen LogP contribution >= 0.6 is 0 Å². The summed E-state index contributed by atoms with van der Waals surface area (Å²) in [4.78, 5) is 24.8. The van der Waals surface area contributed by atoms with Crippen molar-refractivity contribution in [3.63, 3.8) is 0 Å². The van der Waals surface area contributed by atoms with Crippen LogP contribution in [-0.2, 0) is 6.54 Å². The third kappa shape index (κ3) is 3.91. The summed E-state index contributed by atoms with van der Waals surface area (Å²) < 4.78 is 1.42. The Morgan fingerprint density at radius 2 is 1.85 bits per heavy atom. The van der Waals surface area contributed by atoms with Gasteiger partial charge in [0.25, 0.3) is 0 Å². The van der Waals surface area contributed by atoms with Gasteiger partial charge in [-0.2, -0.15) is 10.2 Å². The Morgan fingerprint density at radius 3 is 2.53 bits per heavy atom. The molecule has 2 aliphatic rings. The number of carbonyl (C=O) groups is 1. The standard InChI is InChI=1S/C26H25N5O3/c1-2-29-17-22(31(33)34)24(27-29)26(32)30-25(19-12-7-4-8-13-19)21-15-9-14-20(23(21)28-30)16-18-10-5-3-6-11-18/h3-8,10-13,16-17,21,25H,2,9,14-15H2,1H3/b20-16-/t21-,25-/m0/s1. The average Bonchev–Trinajstić information content (AvgIpc) is 3.48. The van der Waals surface area contributed by atoms with Gasteiger partial charge in [-0.15, -0.1) is 0 Å². The number of allylic oxidation sites excluding steroid dienone is 1. The van der Waals surface area contributed by atoms with Gasteiger partial charge in [0, 0.05) is 12.5 Å². The molecule has 0 N–H and O–H groups in total. The van der Waals surface area contributed by atoms with Crippen molar-refractivity contribution in [2.45, 2.75) is 38.8 Å². The van der Waals surface area contributed by atoms with E-state index < -0.39 is 10.8 Å². The molecule has 0 unspecified atom stereocenters. The number of fused-ring (bicyclic) bond motifs is 1. The number of hydrogen-bond donors (Lipinski definition) is 0. The molecule has 3 aromatic rings. The lowest BCUT2D eigenvalue weighted by atomic mass is 9.77. The van der Waals surface area contributed by atoms with Crippen molar-refractivity contribution >= 4 is 23.4 Å². The van der Waals surface area contributed by atoms with E-state index in [0.717, 1.165) is 41.7 Å². The Morgan fingerprint density at radius 1 is 1.15 bits per heavy atom. The van der Waals surface area contributed by atoms with Crippen LogP contribution in [0.5, 0.6) is 0 Å². The summed E-state index contributed by atoms with van der Waals surface area (Å²) in [7, 11) is 0. The quantitative estimate of drug-likeness (QED) is 0.388. The van der Waals surface area contributed by atoms with Crippen LogP contribution in [-0.4, -0.2) is 31.3 Å². The van der Waals surface area contributed by atoms with Gasteiger partial charge in [-0.3, -0.25) is 19.6 Å². The SMILES string of the molecule is CCn1cc([N+](=O)[O-])c(C(=O)N2N=C3/C(=C\c4ccccc4)CCC[C@@H]3[C@@H]2c2ccccc2)n1. The Labute approximate surface area is 197 Å². The molecule has 2 aromatic carbocycles. The predicted molar refractivity (Wildman–Crippen MR) is 129 cm³/mol. The summed E-state index contributed by atoms with van der Waals surface area (Å²) in [5.41, 5.74) is 3.55. The van der Waals surface area contributed by atoms with Crippen molar-refractivity contribution in [2.75, 3.05) is 0 Å². The van der Waals surface area contributed by atoms with E-state index in [9.17, 15) is 14.9 Å². The van der Waals surface area contributed by atoms with E-state index >= 15 is 0 Å². The van der Waals surface area contributed by atoms with Crippen LogP contribution < -0.4 is 0 Å². The Bertz CT molecular complexity index is 1280. The lowest BCUT2D eigenvalue weighted by Crippen LogP contribution is -2.32. The lowest BCUT2D eigenvalue weighted by molar-refractivity contribution is -0.385. The van der Waals surface area contributed by atoms with Gasteiger partial charge in [-0.1, -0.05) is 60.7 Å². The highest BCUT2D eigenvalue weighted by atomic mass is 16.6. The zero-order valence-corrected chi connectivity index (χ0v) is 18.9. The zero-order chi connectivity index (χ0) is 23.7. The molecular formula is C26H25N5O3. The van der Waals surface area contributed by atoms with Crippen LogP contribution in [0.15, 0.2) is 77.5 Å². The number of carbonyl (C=O) groups excluding carboxylic acids is 1. The van der Waals surface area contributed by atoms with E-state index in [1.807, 2.05) is 67.6 Å². The average molecular weight is 456 g/mol. The second kappa shape index (κ2) is 9.05. The molecule has 1 saturated carbocycles. The van der Waals surface area contributed by atoms with Crippen LogP contribution in [0.1, 0.15) is 53.8 Å². The molecule has 2 heterocycles. The molecule has 1 aliphatic heterocycles. The van der Waals surface area contributed by atoms with Crippen LogP contribution in [0.4, 0.5) is 5.69 Å². The molecule has 0 bridgehead atoms.